The Morgan fingerprint density at radius 3 is 2.75 bits per heavy atom. The maximum Gasteiger partial charge on any atom is 0.167 e. The summed E-state index contributed by atoms with van der Waals surface area (Å²) in [5, 5.41) is 3.30. The van der Waals surface area contributed by atoms with Gasteiger partial charge in [0.05, 0.1) is 18.0 Å². The molecule has 3 N–H and O–H groups in total. The highest BCUT2D eigenvalue weighted by molar-refractivity contribution is 5.68. The van der Waals surface area contributed by atoms with Gasteiger partial charge in [-0.1, -0.05) is 0 Å². The standard InChI is InChI=1S/C15H24FN3O/c1-3-20-15-9-14(13(17)8-12(15)16)18-10-11(2)19-6-4-5-7-19/h8-9,11,18H,3-7,10,17H2,1-2H3. The molecule has 1 atom stereocenters. The number of nitrogens with two attached hydrogens (primary N) is 1. The highest BCUT2D eigenvalue weighted by atomic mass is 19.1. The smallest absolute Gasteiger partial charge is 0.167 e. The fourth-order valence-electron chi connectivity index (χ4n) is 2.56. The van der Waals surface area contributed by atoms with Crippen LogP contribution in [0.15, 0.2) is 12.1 Å². The average molecular weight is 281 g/mol. The molecule has 1 aromatic carbocycles. The molecular weight excluding hydrogens is 257 g/mol. The molecule has 112 valence electrons. The van der Waals surface area contributed by atoms with Gasteiger partial charge in [-0.2, -0.15) is 0 Å². The van der Waals surface area contributed by atoms with Crippen molar-refractivity contribution in [3.63, 3.8) is 0 Å². The van der Waals surface area contributed by atoms with Gasteiger partial charge in [0.25, 0.3) is 0 Å². The van der Waals surface area contributed by atoms with Crippen LogP contribution in [0.5, 0.6) is 5.75 Å². The van der Waals surface area contributed by atoms with Gasteiger partial charge >= 0.3 is 0 Å². The Labute approximate surface area is 120 Å². The van der Waals surface area contributed by atoms with E-state index in [1.165, 1.54) is 18.9 Å². The first-order valence-electron chi connectivity index (χ1n) is 7.31. The van der Waals surface area contributed by atoms with Gasteiger partial charge in [0.1, 0.15) is 0 Å². The minimum absolute atomic E-state index is 0.248. The maximum atomic E-state index is 13.6. The molecule has 2 rings (SSSR count). The summed E-state index contributed by atoms with van der Waals surface area (Å²) < 4.78 is 18.9. The number of nitrogens with zero attached hydrogens (tertiary/aromatic N) is 1. The Bertz CT molecular complexity index is 447. The lowest BCUT2D eigenvalue weighted by Crippen LogP contribution is -2.35. The minimum atomic E-state index is -0.414. The van der Waals surface area contributed by atoms with E-state index in [4.69, 9.17) is 10.5 Å². The largest absolute Gasteiger partial charge is 0.491 e. The van der Waals surface area contributed by atoms with Gasteiger partial charge in [-0.15, -0.1) is 0 Å². The zero-order valence-corrected chi connectivity index (χ0v) is 12.3. The molecule has 0 aliphatic carbocycles. The number of ether oxygens (including phenoxy) is 1. The summed E-state index contributed by atoms with van der Waals surface area (Å²) in [5.41, 5.74) is 7.01. The first kappa shape index (κ1) is 14.9. The van der Waals surface area contributed by atoms with Crippen LogP contribution in [0, 0.1) is 5.82 Å². The summed E-state index contributed by atoms with van der Waals surface area (Å²) in [4.78, 5) is 2.45. The maximum absolute atomic E-state index is 13.6. The van der Waals surface area contributed by atoms with Crippen LogP contribution >= 0.6 is 0 Å². The number of rotatable bonds is 6. The SMILES string of the molecule is CCOc1cc(NCC(C)N2CCCC2)c(N)cc1F. The summed E-state index contributed by atoms with van der Waals surface area (Å²) >= 11 is 0. The fraction of sp³-hybridized carbons (Fsp3) is 0.600. The van der Waals surface area contributed by atoms with E-state index in [2.05, 4.69) is 17.1 Å². The molecule has 1 heterocycles. The minimum Gasteiger partial charge on any atom is -0.491 e. The van der Waals surface area contributed by atoms with Gasteiger partial charge in [-0.3, -0.25) is 4.90 Å². The predicted molar refractivity (Wildman–Crippen MR) is 80.7 cm³/mol. The van der Waals surface area contributed by atoms with Crippen LogP contribution in [0.2, 0.25) is 0 Å². The van der Waals surface area contributed by atoms with Crippen LogP contribution < -0.4 is 15.8 Å². The number of hydrogen-bond acceptors (Lipinski definition) is 4. The number of hydrogen-bond donors (Lipinski definition) is 2. The zero-order chi connectivity index (χ0) is 14.5. The van der Waals surface area contributed by atoms with E-state index in [0.29, 0.717) is 18.3 Å². The van der Waals surface area contributed by atoms with Crippen molar-refractivity contribution in [3.8, 4) is 5.75 Å². The van der Waals surface area contributed by atoms with Crippen molar-refractivity contribution in [1.82, 2.24) is 4.90 Å². The van der Waals surface area contributed by atoms with Gasteiger partial charge in [0.15, 0.2) is 11.6 Å². The number of anilines is 2. The summed E-state index contributed by atoms with van der Waals surface area (Å²) in [5.74, 6) is -0.166. The third-order valence-corrected chi connectivity index (χ3v) is 3.76. The van der Waals surface area contributed by atoms with Crippen LogP contribution in [0.3, 0.4) is 0 Å². The van der Waals surface area contributed by atoms with Gasteiger partial charge < -0.3 is 15.8 Å². The molecule has 0 radical (unpaired) electrons. The molecule has 1 unspecified atom stereocenters. The quantitative estimate of drug-likeness (QED) is 0.787. The van der Waals surface area contributed by atoms with Crippen molar-refractivity contribution >= 4 is 11.4 Å². The number of halogens is 1. The molecule has 0 amide bonds. The van der Waals surface area contributed by atoms with E-state index in [1.54, 1.807) is 6.07 Å². The van der Waals surface area contributed by atoms with Crippen LogP contribution in [0.1, 0.15) is 26.7 Å². The summed E-state index contributed by atoms with van der Waals surface area (Å²) in [6.45, 7) is 7.57. The average Bonchev–Trinajstić information content (AvgIpc) is 2.94. The molecule has 1 aliphatic heterocycles. The van der Waals surface area contributed by atoms with Crippen molar-refractivity contribution in [2.45, 2.75) is 32.7 Å². The number of nitrogen functional groups attached to an aromatic ring is 1. The Kier molecular flexibility index (Phi) is 5.06. The molecular formula is C15H24FN3O. The molecule has 1 aliphatic rings. The van der Waals surface area contributed by atoms with Gasteiger partial charge in [-0.25, -0.2) is 4.39 Å². The topological polar surface area (TPSA) is 50.5 Å². The Morgan fingerprint density at radius 2 is 2.10 bits per heavy atom. The molecule has 0 bridgehead atoms. The fourth-order valence-corrected chi connectivity index (χ4v) is 2.56. The van der Waals surface area contributed by atoms with Crippen molar-refractivity contribution in [3.05, 3.63) is 17.9 Å². The van der Waals surface area contributed by atoms with Crippen LogP contribution in [0.4, 0.5) is 15.8 Å². The van der Waals surface area contributed by atoms with Crippen LogP contribution in [0.25, 0.3) is 0 Å². The number of likely N-dealkylation sites (tertiary alicyclic amines) is 1. The lowest BCUT2D eigenvalue weighted by molar-refractivity contribution is 0.269. The third-order valence-electron chi connectivity index (χ3n) is 3.76. The van der Waals surface area contributed by atoms with E-state index in [9.17, 15) is 4.39 Å². The second-order valence-electron chi connectivity index (χ2n) is 5.28. The highest BCUT2D eigenvalue weighted by Crippen LogP contribution is 2.28. The lowest BCUT2D eigenvalue weighted by atomic mass is 10.2. The molecule has 4 nitrogen and oxygen atoms in total. The number of benzene rings is 1. The summed E-state index contributed by atoms with van der Waals surface area (Å²) in [7, 11) is 0. The van der Waals surface area contributed by atoms with Crippen molar-refractivity contribution < 1.29 is 9.13 Å². The van der Waals surface area contributed by atoms with E-state index in [-0.39, 0.29) is 5.75 Å². The second-order valence-corrected chi connectivity index (χ2v) is 5.28. The summed E-state index contributed by atoms with van der Waals surface area (Å²) in [6, 6.07) is 3.40. The number of nitrogens with one attached hydrogen (secondary N) is 1. The second kappa shape index (κ2) is 6.79. The van der Waals surface area contributed by atoms with Gasteiger partial charge in [0.2, 0.25) is 0 Å². The van der Waals surface area contributed by atoms with Crippen LogP contribution in [-0.2, 0) is 0 Å². The van der Waals surface area contributed by atoms with Crippen LogP contribution in [-0.4, -0.2) is 37.2 Å². The van der Waals surface area contributed by atoms with E-state index >= 15 is 0 Å². The predicted octanol–water partition coefficient (Wildman–Crippen LogP) is 2.70. The van der Waals surface area contributed by atoms with Crippen molar-refractivity contribution in [2.24, 2.45) is 0 Å². The Morgan fingerprint density at radius 1 is 1.40 bits per heavy atom. The molecule has 1 saturated heterocycles. The first-order chi connectivity index (χ1) is 9.61. The summed E-state index contributed by atoms with van der Waals surface area (Å²) in [6.07, 6.45) is 2.55. The van der Waals surface area contributed by atoms with Gasteiger partial charge in [-0.05, 0) is 39.8 Å². The normalized spacial score (nSPS) is 17.1. The van der Waals surface area contributed by atoms with Gasteiger partial charge in [0, 0.05) is 24.7 Å². The molecule has 5 heteroatoms. The Hall–Kier alpha value is -1.49. The van der Waals surface area contributed by atoms with Crippen molar-refractivity contribution in [1.29, 1.82) is 0 Å². The third kappa shape index (κ3) is 3.54. The molecule has 0 aromatic heterocycles. The molecule has 0 saturated carbocycles. The molecule has 1 fully saturated rings. The molecule has 0 spiro atoms. The van der Waals surface area contributed by atoms with E-state index in [0.717, 1.165) is 25.3 Å². The molecule has 1 aromatic rings. The lowest BCUT2D eigenvalue weighted by Gasteiger charge is -2.24. The zero-order valence-electron chi connectivity index (χ0n) is 12.3. The first-order valence-corrected chi connectivity index (χ1v) is 7.31. The van der Waals surface area contributed by atoms with E-state index < -0.39 is 5.82 Å². The highest BCUT2D eigenvalue weighted by Gasteiger charge is 2.18. The monoisotopic (exact) mass is 281 g/mol. The van der Waals surface area contributed by atoms with Crippen molar-refractivity contribution in [2.75, 3.05) is 37.3 Å². The van der Waals surface area contributed by atoms with E-state index in [1.807, 2.05) is 6.92 Å². The molecule has 20 heavy (non-hydrogen) atoms. The Balaban J connectivity index is 1.99.